The number of likely N-dealkylation sites (tertiary alicyclic amines) is 1. The maximum atomic E-state index is 13.5. The maximum Gasteiger partial charge on any atom is 0.407 e. The number of amides is 1. The lowest BCUT2D eigenvalue weighted by molar-refractivity contribution is -0.124. The van der Waals surface area contributed by atoms with Crippen molar-refractivity contribution < 1.29 is 27.9 Å². The molecule has 212 valence electrons. The molecule has 1 aliphatic carbocycles. The normalized spacial score (nSPS) is 19.7. The van der Waals surface area contributed by atoms with E-state index in [1.165, 1.54) is 31.3 Å². The van der Waals surface area contributed by atoms with Gasteiger partial charge in [0.1, 0.15) is 11.6 Å². The molecule has 0 bridgehead atoms. The Kier molecular flexibility index (Phi) is 9.30. The minimum absolute atomic E-state index is 0.249. The van der Waals surface area contributed by atoms with Gasteiger partial charge in [-0.2, -0.15) is 0 Å². The summed E-state index contributed by atoms with van der Waals surface area (Å²) in [5, 5.41) is 8.55. The van der Waals surface area contributed by atoms with Crippen LogP contribution in [0.15, 0.2) is 72.8 Å². The fourth-order valence-corrected chi connectivity index (χ4v) is 5.58. The van der Waals surface area contributed by atoms with Crippen molar-refractivity contribution in [2.75, 3.05) is 26.7 Å². The highest BCUT2D eigenvalue weighted by Crippen LogP contribution is 2.48. The van der Waals surface area contributed by atoms with Crippen molar-refractivity contribution in [2.45, 2.75) is 44.1 Å². The molecule has 5 nitrogen and oxygen atoms in total. The number of nitrogens with zero attached hydrogens (tertiary/aromatic N) is 2. The van der Waals surface area contributed by atoms with Gasteiger partial charge in [0.05, 0.1) is 5.41 Å². The summed E-state index contributed by atoms with van der Waals surface area (Å²) in [6.07, 6.45) is 1.71. The molecule has 1 heterocycles. The first-order valence-electron chi connectivity index (χ1n) is 13.5. The monoisotopic (exact) mass is 552 g/mol. The lowest BCUT2D eigenvalue weighted by Crippen LogP contribution is -2.47. The first-order chi connectivity index (χ1) is 19.1. The Bertz CT molecular complexity index is 1310. The van der Waals surface area contributed by atoms with Crippen LogP contribution in [0.3, 0.4) is 0 Å². The number of benzene rings is 3. The van der Waals surface area contributed by atoms with Crippen LogP contribution in [-0.4, -0.2) is 53.5 Å². The van der Waals surface area contributed by atoms with E-state index >= 15 is 0 Å². The van der Waals surface area contributed by atoms with Gasteiger partial charge in [-0.3, -0.25) is 4.79 Å². The van der Waals surface area contributed by atoms with E-state index in [4.69, 9.17) is 5.11 Å². The van der Waals surface area contributed by atoms with Crippen LogP contribution >= 0.6 is 0 Å². The van der Waals surface area contributed by atoms with Crippen LogP contribution in [0.4, 0.5) is 18.0 Å². The largest absolute Gasteiger partial charge is 0.465 e. The molecule has 1 aliphatic heterocycles. The summed E-state index contributed by atoms with van der Waals surface area (Å²) in [6.45, 7) is 4.75. The van der Waals surface area contributed by atoms with E-state index in [-0.39, 0.29) is 23.6 Å². The van der Waals surface area contributed by atoms with Crippen molar-refractivity contribution in [2.24, 2.45) is 5.92 Å². The Hall–Kier alpha value is -3.65. The van der Waals surface area contributed by atoms with E-state index in [0.29, 0.717) is 11.8 Å². The Morgan fingerprint density at radius 3 is 2.17 bits per heavy atom. The predicted molar refractivity (Wildman–Crippen MR) is 148 cm³/mol. The molecule has 0 aromatic heterocycles. The molecule has 8 heteroatoms. The molecule has 5 rings (SSSR count). The summed E-state index contributed by atoms with van der Waals surface area (Å²) < 4.78 is 39.0. The highest BCUT2D eigenvalue weighted by molar-refractivity contribution is 5.88. The summed E-state index contributed by atoms with van der Waals surface area (Å²) in [6, 6.07) is 20.1. The van der Waals surface area contributed by atoms with Crippen LogP contribution in [0.2, 0.25) is 0 Å². The van der Waals surface area contributed by atoms with E-state index in [1.807, 2.05) is 18.2 Å². The number of carbonyl (C=O) groups is 2. The summed E-state index contributed by atoms with van der Waals surface area (Å²) in [4.78, 5) is 26.5. The van der Waals surface area contributed by atoms with Crippen LogP contribution < -0.4 is 0 Å². The molecular formula is C32H35F3N2O3. The zero-order valence-corrected chi connectivity index (χ0v) is 22.8. The molecule has 1 amide bonds. The lowest BCUT2D eigenvalue weighted by Gasteiger charge is -2.40. The van der Waals surface area contributed by atoms with E-state index in [0.717, 1.165) is 60.5 Å². The number of halogens is 3. The van der Waals surface area contributed by atoms with Crippen molar-refractivity contribution in [3.63, 3.8) is 0 Å². The van der Waals surface area contributed by atoms with Crippen LogP contribution in [0, 0.1) is 23.4 Å². The molecule has 40 heavy (non-hydrogen) atoms. The number of Topliss-reactive ketones (excluding diaryl/α,β-unsaturated/α-hetero) is 1. The number of ketones is 1. The van der Waals surface area contributed by atoms with Crippen LogP contribution in [-0.2, 0) is 16.8 Å². The molecule has 3 aromatic rings. The second-order valence-corrected chi connectivity index (χ2v) is 10.8. The molecule has 1 saturated heterocycles. The number of rotatable bonds is 7. The molecule has 2 aliphatic rings. The minimum Gasteiger partial charge on any atom is -0.465 e. The quantitative estimate of drug-likeness (QED) is 0.358. The molecule has 3 aromatic carbocycles. The van der Waals surface area contributed by atoms with E-state index in [1.54, 1.807) is 25.1 Å². The van der Waals surface area contributed by atoms with E-state index in [2.05, 4.69) is 17.0 Å². The first kappa shape index (κ1) is 29.3. The van der Waals surface area contributed by atoms with Gasteiger partial charge in [-0.25, -0.2) is 18.0 Å². The van der Waals surface area contributed by atoms with E-state index in [9.17, 15) is 22.8 Å². The van der Waals surface area contributed by atoms with Gasteiger partial charge in [-0.1, -0.05) is 48.5 Å². The fourth-order valence-electron chi connectivity index (χ4n) is 5.58. The summed E-state index contributed by atoms with van der Waals surface area (Å²) >= 11 is 0. The Labute approximate surface area is 233 Å². The Morgan fingerprint density at radius 2 is 1.60 bits per heavy atom. The number of hydrogen-bond donors (Lipinski definition) is 1. The van der Waals surface area contributed by atoms with Gasteiger partial charge in [0.2, 0.25) is 0 Å². The van der Waals surface area contributed by atoms with Gasteiger partial charge < -0.3 is 14.9 Å². The highest BCUT2D eigenvalue weighted by Gasteiger charge is 2.43. The van der Waals surface area contributed by atoms with Crippen LogP contribution in [0.5, 0.6) is 0 Å². The van der Waals surface area contributed by atoms with Crippen molar-refractivity contribution >= 4 is 11.9 Å². The van der Waals surface area contributed by atoms with Crippen molar-refractivity contribution in [3.8, 4) is 0 Å². The third-order valence-corrected chi connectivity index (χ3v) is 8.16. The number of hydrogen-bond acceptors (Lipinski definition) is 3. The average Bonchev–Trinajstić information content (AvgIpc) is 3.71. The Morgan fingerprint density at radius 1 is 0.950 bits per heavy atom. The first-order valence-corrected chi connectivity index (χ1v) is 13.5. The van der Waals surface area contributed by atoms with Gasteiger partial charge in [-0.05, 0) is 92.1 Å². The predicted octanol–water partition coefficient (Wildman–Crippen LogP) is 6.63. The number of carboxylic acid groups (broad SMARTS) is 1. The lowest BCUT2D eigenvalue weighted by atomic mass is 9.70. The van der Waals surface area contributed by atoms with Crippen molar-refractivity contribution in [3.05, 3.63) is 107 Å². The van der Waals surface area contributed by atoms with Gasteiger partial charge in [0.15, 0.2) is 11.6 Å². The third kappa shape index (κ3) is 7.10. The van der Waals surface area contributed by atoms with Crippen molar-refractivity contribution in [1.82, 2.24) is 9.80 Å². The molecule has 2 fully saturated rings. The average molecular weight is 553 g/mol. The molecular weight excluding hydrogens is 517 g/mol. The molecule has 0 spiro atoms. The van der Waals surface area contributed by atoms with Crippen LogP contribution in [0.25, 0.3) is 0 Å². The molecule has 0 unspecified atom stereocenters. The standard InChI is InChI=1S/C23H25F2NO.C9H10FNO2/c1-16(27)23(19-5-3-2-4-6-19)9-11-26(12-10-23)15-18-13-20(18)17-7-8-21(24)22(25)14-17;1-11(9(12)13)6-7-2-4-8(10)5-3-7/h2-8,14,18,20H,9-13,15H2,1H3;2-5H,6H2,1H3,(H,12,13)/t18-,20+;/m0./s1. The zero-order chi connectivity index (χ0) is 28.9. The second kappa shape index (κ2) is 12.7. The molecule has 1 saturated carbocycles. The van der Waals surface area contributed by atoms with E-state index < -0.39 is 17.7 Å². The summed E-state index contributed by atoms with van der Waals surface area (Å²) in [5.41, 5.74) is 2.44. The number of carbonyl (C=O) groups excluding carboxylic acids is 1. The molecule has 0 radical (unpaired) electrons. The van der Waals surface area contributed by atoms with Gasteiger partial charge in [0.25, 0.3) is 0 Å². The molecule has 2 atom stereocenters. The van der Waals surface area contributed by atoms with Gasteiger partial charge in [0, 0.05) is 20.1 Å². The highest BCUT2D eigenvalue weighted by atomic mass is 19.2. The zero-order valence-electron chi connectivity index (χ0n) is 22.8. The minimum atomic E-state index is -0.996. The van der Waals surface area contributed by atoms with Gasteiger partial charge >= 0.3 is 6.09 Å². The number of piperidine rings is 1. The Balaban J connectivity index is 0.000000240. The van der Waals surface area contributed by atoms with Gasteiger partial charge in [-0.15, -0.1) is 0 Å². The molecule has 1 N–H and O–H groups in total. The maximum absolute atomic E-state index is 13.5. The van der Waals surface area contributed by atoms with Crippen molar-refractivity contribution in [1.29, 1.82) is 0 Å². The summed E-state index contributed by atoms with van der Waals surface area (Å²) in [7, 11) is 1.46. The van der Waals surface area contributed by atoms with Crippen LogP contribution in [0.1, 0.15) is 48.8 Å². The SMILES string of the molecule is CC(=O)C1(c2ccccc2)CCN(C[C@@H]2C[C@@H]2c2ccc(F)c(F)c2)CC1.CN(Cc1ccc(F)cc1)C(=O)O. The summed E-state index contributed by atoms with van der Waals surface area (Å²) in [5.74, 6) is -0.787. The fraction of sp³-hybridized carbons (Fsp3) is 0.375. The topological polar surface area (TPSA) is 60.9 Å². The second-order valence-electron chi connectivity index (χ2n) is 10.8. The third-order valence-electron chi connectivity index (χ3n) is 8.16. The smallest absolute Gasteiger partial charge is 0.407 e.